The first-order valence-corrected chi connectivity index (χ1v) is 6.37. The van der Waals surface area contributed by atoms with Crippen molar-refractivity contribution in [2.24, 2.45) is 5.73 Å². The molecule has 0 amide bonds. The Morgan fingerprint density at radius 3 is 2.76 bits per heavy atom. The van der Waals surface area contributed by atoms with E-state index < -0.39 is 0 Å². The van der Waals surface area contributed by atoms with Gasteiger partial charge in [-0.1, -0.05) is 19.1 Å². The summed E-state index contributed by atoms with van der Waals surface area (Å²) in [4.78, 5) is 5.54. The molecule has 1 heterocycles. The van der Waals surface area contributed by atoms with Gasteiger partial charge in [0, 0.05) is 22.9 Å². The highest BCUT2D eigenvalue weighted by Gasteiger charge is 2.15. The Bertz CT molecular complexity index is 522. The number of rotatable bonds is 3. The van der Waals surface area contributed by atoms with Gasteiger partial charge in [0.05, 0.1) is 10.7 Å². The van der Waals surface area contributed by atoms with Crippen LogP contribution in [-0.2, 0) is 0 Å². The summed E-state index contributed by atoms with van der Waals surface area (Å²) in [6.45, 7) is 4.55. The van der Waals surface area contributed by atoms with Crippen LogP contribution in [0, 0.1) is 12.7 Å². The number of aromatic nitrogens is 1. The number of nitrogens with zero attached hydrogens (tertiary/aromatic N) is 1. The quantitative estimate of drug-likeness (QED) is 0.907. The molecule has 1 atom stereocenters. The second-order valence-electron chi connectivity index (χ2n) is 4.07. The van der Waals surface area contributed by atoms with Gasteiger partial charge in [0.25, 0.3) is 0 Å². The lowest BCUT2D eigenvalue weighted by atomic mass is 10.1. The zero-order valence-electron chi connectivity index (χ0n) is 9.90. The summed E-state index contributed by atoms with van der Waals surface area (Å²) >= 11 is 1.59. The molecule has 2 nitrogen and oxygen atoms in total. The first kappa shape index (κ1) is 12.2. The Labute approximate surface area is 104 Å². The molecule has 1 aromatic carbocycles. The number of halogens is 1. The molecule has 0 fully saturated rings. The van der Waals surface area contributed by atoms with Crippen molar-refractivity contribution in [3.63, 3.8) is 0 Å². The highest BCUT2D eigenvalue weighted by atomic mass is 32.1. The Morgan fingerprint density at radius 1 is 1.41 bits per heavy atom. The smallest absolute Gasteiger partial charge is 0.132 e. The van der Waals surface area contributed by atoms with Crippen molar-refractivity contribution in [3.05, 3.63) is 40.0 Å². The molecule has 17 heavy (non-hydrogen) atoms. The highest BCUT2D eigenvalue weighted by Crippen LogP contribution is 2.32. The molecule has 90 valence electrons. The molecule has 0 aliphatic heterocycles. The van der Waals surface area contributed by atoms with Gasteiger partial charge in [-0.3, -0.25) is 0 Å². The fraction of sp³-hybridized carbons (Fsp3) is 0.308. The van der Waals surface area contributed by atoms with Crippen molar-refractivity contribution in [1.82, 2.24) is 4.98 Å². The van der Waals surface area contributed by atoms with Crippen LogP contribution in [0.1, 0.15) is 22.7 Å². The zero-order chi connectivity index (χ0) is 12.4. The maximum Gasteiger partial charge on any atom is 0.132 e. The average Bonchev–Trinajstić information content (AvgIpc) is 2.71. The van der Waals surface area contributed by atoms with Crippen molar-refractivity contribution in [3.8, 4) is 11.3 Å². The Morgan fingerprint density at radius 2 is 2.12 bits per heavy atom. The van der Waals surface area contributed by atoms with Crippen LogP contribution in [0.15, 0.2) is 24.3 Å². The summed E-state index contributed by atoms with van der Waals surface area (Å²) in [7, 11) is 0. The summed E-state index contributed by atoms with van der Waals surface area (Å²) in [5, 5.41) is 0.975. The molecular weight excluding hydrogens is 235 g/mol. The number of hydrogen-bond acceptors (Lipinski definition) is 3. The lowest BCUT2D eigenvalue weighted by molar-refractivity contribution is 0.630. The summed E-state index contributed by atoms with van der Waals surface area (Å²) in [6, 6.07) is 6.72. The van der Waals surface area contributed by atoms with Gasteiger partial charge in [-0.2, -0.15) is 0 Å². The van der Waals surface area contributed by atoms with Crippen LogP contribution >= 0.6 is 11.3 Å². The van der Waals surface area contributed by atoms with E-state index in [2.05, 4.69) is 4.98 Å². The SMILES string of the molecule is Cc1sc(C(C)CN)nc1-c1ccccc1F. The minimum atomic E-state index is -0.229. The van der Waals surface area contributed by atoms with Gasteiger partial charge >= 0.3 is 0 Å². The Balaban J connectivity index is 2.47. The fourth-order valence-corrected chi connectivity index (χ4v) is 2.63. The Kier molecular flexibility index (Phi) is 3.54. The predicted octanol–water partition coefficient (Wildman–Crippen LogP) is 3.32. The molecule has 2 rings (SSSR count). The third-order valence-electron chi connectivity index (χ3n) is 2.72. The first-order chi connectivity index (χ1) is 8.13. The summed E-state index contributed by atoms with van der Waals surface area (Å²) in [5.41, 5.74) is 6.93. The van der Waals surface area contributed by atoms with Crippen molar-refractivity contribution >= 4 is 11.3 Å². The number of aryl methyl sites for hydroxylation is 1. The van der Waals surface area contributed by atoms with Gasteiger partial charge in [0.1, 0.15) is 5.82 Å². The van der Waals surface area contributed by atoms with Gasteiger partial charge in [-0.25, -0.2) is 9.37 Å². The van der Waals surface area contributed by atoms with Crippen molar-refractivity contribution < 1.29 is 4.39 Å². The third-order valence-corrected chi connectivity index (χ3v) is 3.92. The minimum absolute atomic E-state index is 0.222. The fourth-order valence-electron chi connectivity index (χ4n) is 1.63. The molecule has 0 aliphatic rings. The summed E-state index contributed by atoms with van der Waals surface area (Å²) in [6.07, 6.45) is 0. The number of nitrogens with two attached hydrogens (primary N) is 1. The molecule has 0 bridgehead atoms. The van der Waals surface area contributed by atoms with E-state index in [1.807, 2.05) is 19.9 Å². The summed E-state index contributed by atoms with van der Waals surface area (Å²) in [5.74, 6) is -0.00734. The van der Waals surface area contributed by atoms with Crippen LogP contribution < -0.4 is 5.73 Å². The molecule has 1 aromatic heterocycles. The van der Waals surface area contributed by atoms with Crippen molar-refractivity contribution in [2.45, 2.75) is 19.8 Å². The molecule has 2 N–H and O–H groups in total. The first-order valence-electron chi connectivity index (χ1n) is 5.55. The van der Waals surface area contributed by atoms with E-state index in [-0.39, 0.29) is 11.7 Å². The normalized spacial score (nSPS) is 12.7. The molecule has 0 aliphatic carbocycles. The molecule has 1 unspecified atom stereocenters. The van der Waals surface area contributed by atoms with Gasteiger partial charge in [0.2, 0.25) is 0 Å². The van der Waals surface area contributed by atoms with E-state index >= 15 is 0 Å². The van der Waals surface area contributed by atoms with Crippen LogP contribution in [0.5, 0.6) is 0 Å². The predicted molar refractivity (Wildman–Crippen MR) is 69.7 cm³/mol. The molecule has 0 radical (unpaired) electrons. The minimum Gasteiger partial charge on any atom is -0.330 e. The molecular formula is C13H15FN2S. The van der Waals surface area contributed by atoms with Crippen LogP contribution in [0.3, 0.4) is 0 Å². The molecule has 0 saturated heterocycles. The van der Waals surface area contributed by atoms with E-state index in [4.69, 9.17) is 5.73 Å². The second kappa shape index (κ2) is 4.94. The highest BCUT2D eigenvalue weighted by molar-refractivity contribution is 7.12. The largest absolute Gasteiger partial charge is 0.330 e. The maximum absolute atomic E-state index is 13.7. The van der Waals surface area contributed by atoms with E-state index in [1.54, 1.807) is 23.5 Å². The third kappa shape index (κ3) is 2.37. The van der Waals surface area contributed by atoms with Crippen molar-refractivity contribution in [1.29, 1.82) is 0 Å². The number of hydrogen-bond donors (Lipinski definition) is 1. The second-order valence-corrected chi connectivity index (χ2v) is 5.31. The van der Waals surface area contributed by atoms with Crippen LogP contribution in [0.25, 0.3) is 11.3 Å². The van der Waals surface area contributed by atoms with E-state index in [1.165, 1.54) is 6.07 Å². The van der Waals surface area contributed by atoms with Gasteiger partial charge < -0.3 is 5.73 Å². The standard InChI is InChI=1S/C13H15FN2S/c1-8(7-15)13-16-12(9(2)17-13)10-5-3-4-6-11(10)14/h3-6,8H,7,15H2,1-2H3. The van der Waals surface area contributed by atoms with Crippen LogP contribution in [0.4, 0.5) is 4.39 Å². The van der Waals surface area contributed by atoms with Gasteiger partial charge in [-0.15, -0.1) is 11.3 Å². The lowest BCUT2D eigenvalue weighted by Crippen LogP contribution is -2.08. The summed E-state index contributed by atoms with van der Waals surface area (Å²) < 4.78 is 13.7. The maximum atomic E-state index is 13.7. The lowest BCUT2D eigenvalue weighted by Gasteiger charge is -2.02. The van der Waals surface area contributed by atoms with Crippen LogP contribution in [-0.4, -0.2) is 11.5 Å². The van der Waals surface area contributed by atoms with E-state index in [0.717, 1.165) is 15.6 Å². The van der Waals surface area contributed by atoms with E-state index in [9.17, 15) is 4.39 Å². The monoisotopic (exact) mass is 250 g/mol. The molecule has 2 aromatic rings. The number of thiazole rings is 1. The zero-order valence-corrected chi connectivity index (χ0v) is 10.7. The number of benzene rings is 1. The topological polar surface area (TPSA) is 38.9 Å². The van der Waals surface area contributed by atoms with Crippen LogP contribution in [0.2, 0.25) is 0 Å². The Hall–Kier alpha value is -1.26. The van der Waals surface area contributed by atoms with Gasteiger partial charge in [0.15, 0.2) is 0 Å². The van der Waals surface area contributed by atoms with Gasteiger partial charge in [-0.05, 0) is 19.1 Å². The molecule has 0 spiro atoms. The molecule has 0 saturated carbocycles. The van der Waals surface area contributed by atoms with Crippen molar-refractivity contribution in [2.75, 3.05) is 6.54 Å². The molecule has 4 heteroatoms. The average molecular weight is 250 g/mol. The van der Waals surface area contributed by atoms with E-state index in [0.29, 0.717) is 12.1 Å².